The molecule has 3 nitrogen and oxygen atoms in total. The van der Waals surface area contributed by atoms with Crippen LogP contribution in [0.25, 0.3) is 0 Å². The second-order valence-electron chi connectivity index (χ2n) is 3.67. The second kappa shape index (κ2) is 2.25. The van der Waals surface area contributed by atoms with Gasteiger partial charge in [-0.05, 0) is 6.92 Å². The molecule has 0 fully saturated rings. The molecule has 9 heavy (non-hydrogen) atoms. The third-order valence-electron chi connectivity index (χ3n) is 0.774. The molecule has 0 aliphatic heterocycles. The Kier molecular flexibility index (Phi) is 2.22. The molecule has 0 atom stereocenters. The Morgan fingerprint density at radius 3 is 1.56 bits per heavy atom. The fourth-order valence-corrected chi connectivity index (χ4v) is 0.899. The van der Waals surface area contributed by atoms with Gasteiger partial charge in [-0.25, -0.2) is 0 Å². The lowest BCUT2D eigenvalue weighted by atomic mass is 10.3. The van der Waals surface area contributed by atoms with Crippen molar-refractivity contribution in [1.29, 1.82) is 0 Å². The lowest BCUT2D eigenvalue weighted by Gasteiger charge is -2.29. The Bertz CT molecular complexity index is 76.2. The average molecular weight is 134 g/mol. The quantitative estimate of drug-likeness (QED) is 0.391. The molecule has 0 spiro atoms. The fourth-order valence-electron chi connectivity index (χ4n) is 0.899. The first-order chi connectivity index (χ1) is 3.71. The smallest absolute Gasteiger partial charge is 0.210 e. The topological polar surface area (TPSA) is 40.5 Å². The predicted molar refractivity (Wildman–Crippen MR) is 35.7 cm³/mol. The standard InChI is InChI=1S/C6H16NO2/c1-6(8,9)5-7(2,3)4/h8-9H,5H2,1-4H3/q+1. The zero-order valence-corrected chi connectivity index (χ0v) is 6.55. The summed E-state index contributed by atoms with van der Waals surface area (Å²) >= 11 is 0. The monoisotopic (exact) mass is 134 g/mol. The van der Waals surface area contributed by atoms with Crippen molar-refractivity contribution in [2.24, 2.45) is 0 Å². The van der Waals surface area contributed by atoms with E-state index in [1.54, 1.807) is 0 Å². The molecule has 0 rings (SSSR count). The fraction of sp³-hybridized carbons (Fsp3) is 1.00. The van der Waals surface area contributed by atoms with Crippen LogP contribution in [0.2, 0.25) is 0 Å². The zero-order chi connectivity index (χ0) is 7.71. The van der Waals surface area contributed by atoms with E-state index in [0.717, 1.165) is 0 Å². The Labute approximate surface area is 56.1 Å². The molecule has 0 bridgehead atoms. The average Bonchev–Trinajstić information content (AvgIpc) is 1.14. The van der Waals surface area contributed by atoms with E-state index in [0.29, 0.717) is 11.0 Å². The van der Waals surface area contributed by atoms with Crippen molar-refractivity contribution in [3.8, 4) is 0 Å². The first-order valence-electron chi connectivity index (χ1n) is 2.96. The van der Waals surface area contributed by atoms with Crippen LogP contribution in [0, 0.1) is 0 Å². The highest BCUT2D eigenvalue weighted by Crippen LogP contribution is 2.02. The number of aliphatic hydroxyl groups is 2. The van der Waals surface area contributed by atoms with E-state index in [1.807, 2.05) is 21.1 Å². The van der Waals surface area contributed by atoms with Crippen molar-refractivity contribution in [2.75, 3.05) is 27.7 Å². The van der Waals surface area contributed by atoms with Crippen molar-refractivity contribution in [3.05, 3.63) is 0 Å². The Morgan fingerprint density at radius 1 is 1.22 bits per heavy atom. The van der Waals surface area contributed by atoms with Crippen LogP contribution in [0.3, 0.4) is 0 Å². The van der Waals surface area contributed by atoms with E-state index in [4.69, 9.17) is 10.2 Å². The highest BCUT2D eigenvalue weighted by atomic mass is 16.5. The molecule has 0 aromatic heterocycles. The molecule has 0 amide bonds. The Hall–Kier alpha value is -0.120. The molecule has 0 saturated heterocycles. The summed E-state index contributed by atoms with van der Waals surface area (Å²) in [5, 5.41) is 17.8. The summed E-state index contributed by atoms with van der Waals surface area (Å²) in [6.45, 7) is 1.73. The maximum absolute atomic E-state index is 8.89. The normalized spacial score (nSPS) is 14.0. The van der Waals surface area contributed by atoms with Gasteiger partial charge in [-0.2, -0.15) is 0 Å². The predicted octanol–water partition coefficient (Wildman–Crippen LogP) is -0.607. The molecule has 0 aromatic rings. The van der Waals surface area contributed by atoms with Crippen LogP contribution in [-0.4, -0.2) is 48.2 Å². The minimum absolute atomic E-state index is 0.340. The molecule has 0 aliphatic carbocycles. The summed E-state index contributed by atoms with van der Waals surface area (Å²) < 4.78 is 0.559. The van der Waals surface area contributed by atoms with E-state index >= 15 is 0 Å². The molecule has 0 saturated carbocycles. The van der Waals surface area contributed by atoms with Gasteiger partial charge in [-0.1, -0.05) is 0 Å². The van der Waals surface area contributed by atoms with Crippen LogP contribution in [-0.2, 0) is 0 Å². The maximum Gasteiger partial charge on any atom is 0.210 e. The minimum atomic E-state index is -1.54. The summed E-state index contributed by atoms with van der Waals surface area (Å²) in [7, 11) is 5.72. The van der Waals surface area contributed by atoms with Gasteiger partial charge in [0.2, 0.25) is 5.79 Å². The summed E-state index contributed by atoms with van der Waals surface area (Å²) in [6, 6.07) is 0. The molecule has 3 heteroatoms. The van der Waals surface area contributed by atoms with Gasteiger partial charge in [-0.15, -0.1) is 0 Å². The molecular weight excluding hydrogens is 118 g/mol. The summed E-state index contributed by atoms with van der Waals surface area (Å²) in [6.07, 6.45) is 0. The highest BCUT2D eigenvalue weighted by molar-refractivity contribution is 4.51. The Morgan fingerprint density at radius 2 is 1.56 bits per heavy atom. The van der Waals surface area contributed by atoms with Crippen LogP contribution in [0.5, 0.6) is 0 Å². The van der Waals surface area contributed by atoms with Gasteiger partial charge in [0, 0.05) is 0 Å². The third-order valence-corrected chi connectivity index (χ3v) is 0.774. The number of likely N-dealkylation sites (N-methyl/N-ethyl adjacent to an activating group) is 1. The van der Waals surface area contributed by atoms with E-state index < -0.39 is 5.79 Å². The molecule has 0 radical (unpaired) electrons. The van der Waals surface area contributed by atoms with Gasteiger partial charge >= 0.3 is 0 Å². The molecule has 2 N–H and O–H groups in total. The molecule has 0 unspecified atom stereocenters. The zero-order valence-electron chi connectivity index (χ0n) is 6.55. The number of hydrogen-bond donors (Lipinski definition) is 2. The molecule has 0 heterocycles. The van der Waals surface area contributed by atoms with Crippen molar-refractivity contribution < 1.29 is 14.7 Å². The number of quaternary nitrogens is 1. The maximum atomic E-state index is 8.89. The van der Waals surface area contributed by atoms with Crippen molar-refractivity contribution in [2.45, 2.75) is 12.7 Å². The summed E-state index contributed by atoms with van der Waals surface area (Å²) in [5.74, 6) is -1.54. The first-order valence-corrected chi connectivity index (χ1v) is 2.96. The lowest BCUT2D eigenvalue weighted by molar-refractivity contribution is -0.880. The minimum Gasteiger partial charge on any atom is -0.361 e. The van der Waals surface area contributed by atoms with Gasteiger partial charge < -0.3 is 14.7 Å². The van der Waals surface area contributed by atoms with Gasteiger partial charge in [0.1, 0.15) is 6.54 Å². The van der Waals surface area contributed by atoms with Gasteiger partial charge in [0.25, 0.3) is 0 Å². The van der Waals surface area contributed by atoms with Gasteiger partial charge in [-0.3, -0.25) is 0 Å². The molecule has 0 aliphatic rings. The van der Waals surface area contributed by atoms with Crippen molar-refractivity contribution >= 4 is 0 Å². The largest absolute Gasteiger partial charge is 0.361 e. The SMILES string of the molecule is CC(O)(O)C[N+](C)(C)C. The second-order valence-corrected chi connectivity index (χ2v) is 3.67. The molecule has 0 aromatic carbocycles. The number of hydrogen-bond acceptors (Lipinski definition) is 2. The summed E-state index contributed by atoms with van der Waals surface area (Å²) in [4.78, 5) is 0. The Balaban J connectivity index is 3.75. The highest BCUT2D eigenvalue weighted by Gasteiger charge is 2.24. The summed E-state index contributed by atoms with van der Waals surface area (Å²) in [5.41, 5.74) is 0. The van der Waals surface area contributed by atoms with Crippen LogP contribution in [0.1, 0.15) is 6.92 Å². The first kappa shape index (κ1) is 8.88. The van der Waals surface area contributed by atoms with Crippen molar-refractivity contribution in [3.63, 3.8) is 0 Å². The van der Waals surface area contributed by atoms with Crippen LogP contribution >= 0.6 is 0 Å². The van der Waals surface area contributed by atoms with E-state index in [2.05, 4.69) is 0 Å². The molecule has 56 valence electrons. The van der Waals surface area contributed by atoms with E-state index in [1.165, 1.54) is 6.92 Å². The van der Waals surface area contributed by atoms with E-state index in [-0.39, 0.29) is 0 Å². The number of nitrogens with zero attached hydrogens (tertiary/aromatic N) is 1. The molecular formula is C6H16NO2+. The van der Waals surface area contributed by atoms with Crippen LogP contribution in [0.15, 0.2) is 0 Å². The van der Waals surface area contributed by atoms with Gasteiger partial charge in [0.15, 0.2) is 0 Å². The van der Waals surface area contributed by atoms with Crippen LogP contribution < -0.4 is 0 Å². The van der Waals surface area contributed by atoms with E-state index in [9.17, 15) is 0 Å². The lowest BCUT2D eigenvalue weighted by Crippen LogP contribution is -2.47. The van der Waals surface area contributed by atoms with Crippen LogP contribution in [0.4, 0.5) is 0 Å². The number of rotatable bonds is 2. The van der Waals surface area contributed by atoms with Crippen molar-refractivity contribution in [1.82, 2.24) is 0 Å². The third kappa shape index (κ3) is 7.88. The van der Waals surface area contributed by atoms with Gasteiger partial charge in [0.05, 0.1) is 21.1 Å².